The molecule has 0 fully saturated rings. The van der Waals surface area contributed by atoms with Gasteiger partial charge in [-0.1, -0.05) is 23.7 Å². The fourth-order valence-electron chi connectivity index (χ4n) is 1.96. The van der Waals surface area contributed by atoms with Crippen LogP contribution in [0.4, 0.5) is 0 Å². The zero-order chi connectivity index (χ0) is 13.4. The van der Waals surface area contributed by atoms with Gasteiger partial charge in [0.15, 0.2) is 0 Å². The first kappa shape index (κ1) is 13.4. The number of aromatic nitrogens is 1. The molecule has 2 aromatic rings. The predicted octanol–water partition coefficient (Wildman–Crippen LogP) is 4.09. The molecule has 0 aliphatic rings. The maximum absolute atomic E-state index is 12.4. The quantitative estimate of drug-likeness (QED) is 0.774. The molecule has 0 atom stereocenters. The first-order valence-electron chi connectivity index (χ1n) is 5.55. The van der Waals surface area contributed by atoms with Gasteiger partial charge in [0.2, 0.25) is 5.43 Å². The van der Waals surface area contributed by atoms with Crippen molar-refractivity contribution < 1.29 is 0 Å². The Morgan fingerprint density at radius 3 is 2.22 bits per heavy atom. The lowest BCUT2D eigenvalue weighted by Gasteiger charge is -2.15. The Bertz CT molecular complexity index is 659. The van der Waals surface area contributed by atoms with Crippen molar-refractivity contribution in [3.05, 3.63) is 55.4 Å². The zero-order valence-corrected chi connectivity index (χ0v) is 12.8. The number of halogens is 2. The summed E-state index contributed by atoms with van der Waals surface area (Å²) in [6.07, 6.45) is 0. The van der Waals surface area contributed by atoms with Crippen LogP contribution in [0.25, 0.3) is 11.1 Å². The molecule has 0 spiro atoms. The zero-order valence-electron chi connectivity index (χ0n) is 10.4. The average Bonchev–Trinajstić information content (AvgIpc) is 2.36. The van der Waals surface area contributed by atoms with Gasteiger partial charge in [0.05, 0.1) is 4.47 Å². The Kier molecular flexibility index (Phi) is 3.64. The highest BCUT2D eigenvalue weighted by atomic mass is 79.9. The van der Waals surface area contributed by atoms with Gasteiger partial charge in [-0.2, -0.15) is 0 Å². The second kappa shape index (κ2) is 4.90. The monoisotopic (exact) mass is 325 g/mol. The van der Waals surface area contributed by atoms with Crippen LogP contribution in [-0.2, 0) is 7.05 Å². The number of pyridine rings is 1. The minimum absolute atomic E-state index is 0.0189. The Balaban J connectivity index is 2.80. The highest BCUT2D eigenvalue weighted by molar-refractivity contribution is 9.10. The van der Waals surface area contributed by atoms with Crippen molar-refractivity contribution in [2.75, 3.05) is 0 Å². The normalized spacial score (nSPS) is 10.7. The lowest BCUT2D eigenvalue weighted by atomic mass is 10.0. The van der Waals surface area contributed by atoms with Gasteiger partial charge in [-0.15, -0.1) is 0 Å². The molecular weight excluding hydrogens is 314 g/mol. The van der Waals surface area contributed by atoms with Gasteiger partial charge in [0, 0.05) is 29.0 Å². The third-order valence-corrected chi connectivity index (χ3v) is 4.43. The van der Waals surface area contributed by atoms with E-state index in [1.54, 1.807) is 12.1 Å². The van der Waals surface area contributed by atoms with E-state index in [9.17, 15) is 4.79 Å². The van der Waals surface area contributed by atoms with Gasteiger partial charge < -0.3 is 4.57 Å². The number of nitrogens with zero attached hydrogens (tertiary/aromatic N) is 1. The van der Waals surface area contributed by atoms with Gasteiger partial charge >= 0.3 is 0 Å². The van der Waals surface area contributed by atoms with E-state index in [0.29, 0.717) is 15.1 Å². The van der Waals surface area contributed by atoms with Gasteiger partial charge in [-0.3, -0.25) is 4.79 Å². The van der Waals surface area contributed by atoms with Crippen molar-refractivity contribution in [2.24, 2.45) is 7.05 Å². The molecule has 0 radical (unpaired) electrons. The summed E-state index contributed by atoms with van der Waals surface area (Å²) in [6, 6.07) is 7.33. The van der Waals surface area contributed by atoms with Crippen LogP contribution in [0, 0.1) is 13.8 Å². The predicted molar refractivity (Wildman–Crippen MR) is 79.3 cm³/mol. The Labute approximate surface area is 119 Å². The van der Waals surface area contributed by atoms with Gasteiger partial charge in [0.1, 0.15) is 0 Å². The maximum Gasteiger partial charge on any atom is 0.204 e. The van der Waals surface area contributed by atoms with Crippen LogP contribution in [0.3, 0.4) is 0 Å². The molecule has 2 nitrogen and oxygen atoms in total. The molecule has 0 aliphatic carbocycles. The van der Waals surface area contributed by atoms with E-state index >= 15 is 0 Å². The van der Waals surface area contributed by atoms with Crippen LogP contribution in [-0.4, -0.2) is 4.57 Å². The molecular formula is C14H13BrClNO. The van der Waals surface area contributed by atoms with E-state index in [0.717, 1.165) is 17.0 Å². The molecule has 0 saturated heterocycles. The average molecular weight is 327 g/mol. The minimum atomic E-state index is 0.0189. The Morgan fingerprint density at radius 2 is 1.67 bits per heavy atom. The third kappa shape index (κ3) is 2.13. The molecule has 0 saturated carbocycles. The molecule has 0 N–H and O–H groups in total. The van der Waals surface area contributed by atoms with E-state index in [1.165, 1.54) is 0 Å². The lowest BCUT2D eigenvalue weighted by molar-refractivity contribution is 0.809. The van der Waals surface area contributed by atoms with Crippen molar-refractivity contribution in [1.29, 1.82) is 0 Å². The van der Waals surface area contributed by atoms with E-state index in [2.05, 4.69) is 15.9 Å². The van der Waals surface area contributed by atoms with Crippen LogP contribution < -0.4 is 5.43 Å². The maximum atomic E-state index is 12.4. The molecule has 94 valence electrons. The fraction of sp³-hybridized carbons (Fsp3) is 0.214. The summed E-state index contributed by atoms with van der Waals surface area (Å²) in [5.74, 6) is 0. The largest absolute Gasteiger partial charge is 0.350 e. The van der Waals surface area contributed by atoms with Crippen molar-refractivity contribution in [1.82, 2.24) is 4.57 Å². The van der Waals surface area contributed by atoms with Crippen molar-refractivity contribution in [2.45, 2.75) is 13.8 Å². The summed E-state index contributed by atoms with van der Waals surface area (Å²) in [6.45, 7) is 3.87. The summed E-state index contributed by atoms with van der Waals surface area (Å²) in [7, 11) is 1.95. The molecule has 1 aromatic heterocycles. The molecule has 0 amide bonds. The summed E-state index contributed by atoms with van der Waals surface area (Å²) in [5, 5.41) is 0.666. The van der Waals surface area contributed by atoms with E-state index < -0.39 is 0 Å². The van der Waals surface area contributed by atoms with Crippen molar-refractivity contribution in [3.8, 4) is 11.1 Å². The molecule has 0 aliphatic heterocycles. The first-order valence-corrected chi connectivity index (χ1v) is 6.72. The minimum Gasteiger partial charge on any atom is -0.350 e. The highest BCUT2D eigenvalue weighted by Gasteiger charge is 2.14. The standard InChI is InChI=1S/C14H13BrClNO/c1-8-12(10-4-6-11(16)7-5-10)14(18)13(15)9(2)17(8)3/h4-7H,1-3H3. The summed E-state index contributed by atoms with van der Waals surface area (Å²) >= 11 is 9.24. The van der Waals surface area contributed by atoms with E-state index in [-0.39, 0.29) is 5.43 Å². The van der Waals surface area contributed by atoms with Gasteiger partial charge in [0.25, 0.3) is 0 Å². The molecule has 1 aromatic carbocycles. The van der Waals surface area contributed by atoms with Crippen LogP contribution >= 0.6 is 27.5 Å². The Morgan fingerprint density at radius 1 is 1.11 bits per heavy atom. The van der Waals surface area contributed by atoms with E-state index in [1.807, 2.05) is 37.6 Å². The SMILES string of the molecule is Cc1c(Br)c(=O)c(-c2ccc(Cl)cc2)c(C)n1C. The van der Waals surface area contributed by atoms with Crippen LogP contribution in [0.15, 0.2) is 33.5 Å². The highest BCUT2D eigenvalue weighted by Crippen LogP contribution is 2.25. The number of benzene rings is 1. The molecule has 0 bridgehead atoms. The number of hydrogen-bond donors (Lipinski definition) is 0. The summed E-state index contributed by atoms with van der Waals surface area (Å²) in [4.78, 5) is 12.4. The first-order chi connectivity index (χ1) is 8.43. The second-order valence-corrected chi connectivity index (χ2v) is 5.48. The number of hydrogen-bond acceptors (Lipinski definition) is 1. The van der Waals surface area contributed by atoms with Gasteiger partial charge in [-0.05, 0) is 47.5 Å². The van der Waals surface area contributed by atoms with E-state index in [4.69, 9.17) is 11.6 Å². The van der Waals surface area contributed by atoms with Gasteiger partial charge in [-0.25, -0.2) is 0 Å². The molecule has 0 unspecified atom stereocenters. The second-order valence-electron chi connectivity index (χ2n) is 4.25. The van der Waals surface area contributed by atoms with Crippen LogP contribution in [0.2, 0.25) is 5.02 Å². The molecule has 1 heterocycles. The number of rotatable bonds is 1. The topological polar surface area (TPSA) is 22.0 Å². The smallest absolute Gasteiger partial charge is 0.204 e. The van der Waals surface area contributed by atoms with Crippen LogP contribution in [0.1, 0.15) is 11.4 Å². The lowest BCUT2D eigenvalue weighted by Crippen LogP contribution is -2.16. The fourth-order valence-corrected chi connectivity index (χ4v) is 2.55. The summed E-state index contributed by atoms with van der Waals surface area (Å²) in [5.41, 5.74) is 3.49. The summed E-state index contributed by atoms with van der Waals surface area (Å²) < 4.78 is 2.62. The van der Waals surface area contributed by atoms with Crippen LogP contribution in [0.5, 0.6) is 0 Å². The molecule has 2 rings (SSSR count). The van der Waals surface area contributed by atoms with Crippen molar-refractivity contribution in [3.63, 3.8) is 0 Å². The third-order valence-electron chi connectivity index (χ3n) is 3.24. The molecule has 18 heavy (non-hydrogen) atoms. The molecule has 4 heteroatoms. The van der Waals surface area contributed by atoms with Crippen molar-refractivity contribution >= 4 is 27.5 Å². The Hall–Kier alpha value is -1.06.